The van der Waals surface area contributed by atoms with E-state index in [-0.39, 0.29) is 18.5 Å². The average Bonchev–Trinajstić information content (AvgIpc) is 3.29. The van der Waals surface area contributed by atoms with Crippen LogP contribution in [0.2, 0.25) is 0 Å². The van der Waals surface area contributed by atoms with Gasteiger partial charge >= 0.3 is 0 Å². The molecule has 0 unspecified atom stereocenters. The summed E-state index contributed by atoms with van der Waals surface area (Å²) < 4.78 is 22.0. The molecule has 2 aliphatic heterocycles. The molecule has 0 radical (unpaired) electrons. The zero-order valence-corrected chi connectivity index (χ0v) is 18.7. The number of hydrogen-bond acceptors (Lipinski definition) is 7. The van der Waals surface area contributed by atoms with Crippen LogP contribution in [0.25, 0.3) is 0 Å². The van der Waals surface area contributed by atoms with Gasteiger partial charge < -0.3 is 18.9 Å². The molecule has 1 saturated heterocycles. The van der Waals surface area contributed by atoms with E-state index in [1.54, 1.807) is 26.3 Å². The summed E-state index contributed by atoms with van der Waals surface area (Å²) in [6.07, 6.45) is 0.540. The van der Waals surface area contributed by atoms with Crippen LogP contribution in [-0.4, -0.2) is 75.7 Å². The van der Waals surface area contributed by atoms with Crippen molar-refractivity contribution in [3.05, 3.63) is 53.6 Å². The van der Waals surface area contributed by atoms with Crippen molar-refractivity contribution in [2.24, 2.45) is 5.10 Å². The van der Waals surface area contributed by atoms with Gasteiger partial charge in [-0.15, -0.1) is 0 Å². The van der Waals surface area contributed by atoms with Crippen molar-refractivity contribution >= 4 is 11.6 Å². The monoisotopic (exact) mass is 439 g/mol. The summed E-state index contributed by atoms with van der Waals surface area (Å²) in [6, 6.07) is 13.0. The molecule has 2 aromatic rings. The molecule has 4 rings (SSSR count). The number of carbonyl (C=O) groups excluding carboxylic acids is 1. The Balaban J connectivity index is 1.70. The van der Waals surface area contributed by atoms with Gasteiger partial charge in [0.2, 0.25) is 0 Å². The number of ether oxygens (including phenoxy) is 4. The summed E-state index contributed by atoms with van der Waals surface area (Å²) in [4.78, 5) is 15.5. The van der Waals surface area contributed by atoms with Crippen LogP contribution >= 0.6 is 0 Å². The first-order valence-electron chi connectivity index (χ1n) is 10.7. The van der Waals surface area contributed by atoms with Crippen molar-refractivity contribution in [3.8, 4) is 17.2 Å². The molecule has 0 bridgehead atoms. The minimum atomic E-state index is -0.312. The summed E-state index contributed by atoms with van der Waals surface area (Å²) in [5.74, 6) is 2.06. The van der Waals surface area contributed by atoms with Gasteiger partial charge in [-0.3, -0.25) is 9.69 Å². The Kier molecular flexibility index (Phi) is 6.92. The van der Waals surface area contributed by atoms with Gasteiger partial charge in [-0.2, -0.15) is 5.10 Å². The van der Waals surface area contributed by atoms with Gasteiger partial charge in [0.15, 0.2) is 0 Å². The van der Waals surface area contributed by atoms with Crippen LogP contribution in [0.3, 0.4) is 0 Å². The zero-order valence-electron chi connectivity index (χ0n) is 18.7. The Bertz CT molecular complexity index is 987. The minimum Gasteiger partial charge on any atom is -0.497 e. The highest BCUT2D eigenvalue weighted by molar-refractivity contribution is 6.05. The lowest BCUT2D eigenvalue weighted by Crippen LogP contribution is -2.43. The fraction of sp³-hybridized carbons (Fsp3) is 0.417. The molecule has 0 saturated carbocycles. The molecule has 0 N–H and O–H groups in total. The van der Waals surface area contributed by atoms with Crippen LogP contribution in [0.15, 0.2) is 47.6 Å². The number of hydrazone groups is 1. The van der Waals surface area contributed by atoms with Gasteiger partial charge in [-0.25, -0.2) is 5.01 Å². The van der Waals surface area contributed by atoms with Crippen molar-refractivity contribution in [3.63, 3.8) is 0 Å². The van der Waals surface area contributed by atoms with E-state index < -0.39 is 0 Å². The molecule has 0 aliphatic carbocycles. The third-order valence-corrected chi connectivity index (χ3v) is 5.84. The Labute approximate surface area is 188 Å². The third-order valence-electron chi connectivity index (χ3n) is 5.84. The molecular weight excluding hydrogens is 410 g/mol. The lowest BCUT2D eigenvalue weighted by molar-refractivity contribution is -0.135. The second kappa shape index (κ2) is 10.0. The molecule has 1 amide bonds. The topological polar surface area (TPSA) is 72.8 Å². The summed E-state index contributed by atoms with van der Waals surface area (Å²) >= 11 is 0. The molecule has 0 spiro atoms. The van der Waals surface area contributed by atoms with Crippen molar-refractivity contribution in [2.75, 3.05) is 54.2 Å². The van der Waals surface area contributed by atoms with Crippen molar-refractivity contribution in [1.29, 1.82) is 0 Å². The fourth-order valence-electron chi connectivity index (χ4n) is 4.15. The smallest absolute Gasteiger partial charge is 0.257 e. The number of morpholine rings is 1. The van der Waals surface area contributed by atoms with Crippen molar-refractivity contribution in [2.45, 2.75) is 12.5 Å². The molecule has 8 heteroatoms. The van der Waals surface area contributed by atoms with Crippen molar-refractivity contribution < 1.29 is 23.7 Å². The minimum absolute atomic E-state index is 0.0633. The highest BCUT2D eigenvalue weighted by Crippen LogP contribution is 2.40. The lowest BCUT2D eigenvalue weighted by Gasteiger charge is -2.29. The molecular formula is C24H29N3O5. The molecule has 2 heterocycles. The second-order valence-corrected chi connectivity index (χ2v) is 7.70. The largest absolute Gasteiger partial charge is 0.497 e. The molecule has 170 valence electrons. The van der Waals surface area contributed by atoms with Crippen LogP contribution in [-0.2, 0) is 9.53 Å². The molecule has 2 aromatic carbocycles. The maximum absolute atomic E-state index is 13.4. The highest BCUT2D eigenvalue weighted by Gasteiger charge is 2.36. The molecule has 8 nitrogen and oxygen atoms in total. The van der Waals surface area contributed by atoms with E-state index in [4.69, 9.17) is 24.0 Å². The third kappa shape index (κ3) is 4.56. The van der Waals surface area contributed by atoms with Gasteiger partial charge in [0, 0.05) is 30.6 Å². The molecule has 32 heavy (non-hydrogen) atoms. The Hall–Kier alpha value is -3.10. The molecule has 1 atom stereocenters. The predicted molar refractivity (Wildman–Crippen MR) is 121 cm³/mol. The number of hydrogen-bond donors (Lipinski definition) is 0. The van der Waals surface area contributed by atoms with E-state index in [9.17, 15) is 4.79 Å². The summed E-state index contributed by atoms with van der Waals surface area (Å²) in [6.45, 7) is 3.02. The second-order valence-electron chi connectivity index (χ2n) is 7.70. The summed E-state index contributed by atoms with van der Waals surface area (Å²) in [7, 11) is 4.89. The Morgan fingerprint density at radius 1 is 1.03 bits per heavy atom. The molecule has 2 aliphatic rings. The van der Waals surface area contributed by atoms with Gasteiger partial charge in [0.05, 0.1) is 52.8 Å². The van der Waals surface area contributed by atoms with Gasteiger partial charge in [0.25, 0.3) is 5.91 Å². The van der Waals surface area contributed by atoms with E-state index in [1.165, 1.54) is 0 Å². The van der Waals surface area contributed by atoms with Crippen LogP contribution in [0.1, 0.15) is 23.6 Å². The number of benzene rings is 2. The fourth-order valence-corrected chi connectivity index (χ4v) is 4.15. The number of nitrogens with zero attached hydrogens (tertiary/aromatic N) is 3. The SMILES string of the molecule is COc1ccc(OC)c([C@H]2CC(c3ccccc3OC)=NN2C(=O)CN2CCOCC2)c1. The normalized spacial score (nSPS) is 18.9. The zero-order chi connectivity index (χ0) is 22.5. The van der Waals surface area contributed by atoms with Gasteiger partial charge in [0.1, 0.15) is 17.2 Å². The van der Waals surface area contributed by atoms with E-state index in [0.717, 1.165) is 35.7 Å². The van der Waals surface area contributed by atoms with Crippen LogP contribution < -0.4 is 14.2 Å². The first kappa shape index (κ1) is 22.1. The predicted octanol–water partition coefficient (Wildman–Crippen LogP) is 2.72. The van der Waals surface area contributed by atoms with E-state index in [0.29, 0.717) is 31.1 Å². The van der Waals surface area contributed by atoms with Gasteiger partial charge in [-0.05, 0) is 30.3 Å². The van der Waals surface area contributed by atoms with E-state index >= 15 is 0 Å². The number of carbonyl (C=O) groups is 1. The number of amides is 1. The number of methoxy groups -OCH3 is 3. The number of para-hydroxylation sites is 1. The van der Waals surface area contributed by atoms with Crippen LogP contribution in [0, 0.1) is 0 Å². The van der Waals surface area contributed by atoms with Crippen molar-refractivity contribution in [1.82, 2.24) is 9.91 Å². The highest BCUT2D eigenvalue weighted by atomic mass is 16.5. The van der Waals surface area contributed by atoms with Gasteiger partial charge in [-0.1, -0.05) is 12.1 Å². The quantitative estimate of drug-likeness (QED) is 0.661. The summed E-state index contributed by atoms with van der Waals surface area (Å²) in [5, 5.41) is 6.38. The summed E-state index contributed by atoms with van der Waals surface area (Å²) in [5.41, 5.74) is 2.53. The maximum Gasteiger partial charge on any atom is 0.257 e. The van der Waals surface area contributed by atoms with E-state index in [1.807, 2.05) is 42.5 Å². The van der Waals surface area contributed by atoms with Crippen LogP contribution in [0.4, 0.5) is 0 Å². The lowest BCUT2D eigenvalue weighted by atomic mass is 9.97. The first-order chi connectivity index (χ1) is 15.6. The first-order valence-corrected chi connectivity index (χ1v) is 10.7. The standard InChI is InChI=1S/C24H29N3O5/c1-29-17-8-9-23(31-3)19(14-17)21-15-20(18-6-4-5-7-22(18)30-2)25-27(21)24(28)16-26-10-12-32-13-11-26/h4-9,14,21H,10-13,15-16H2,1-3H3/t21-/m1/s1. The van der Waals surface area contributed by atoms with E-state index in [2.05, 4.69) is 4.90 Å². The molecule has 0 aromatic heterocycles. The maximum atomic E-state index is 13.4. The average molecular weight is 440 g/mol. The Morgan fingerprint density at radius 2 is 1.78 bits per heavy atom. The Morgan fingerprint density at radius 3 is 2.50 bits per heavy atom. The molecule has 1 fully saturated rings. The number of rotatable bonds is 7. The van der Waals surface area contributed by atoms with Crippen LogP contribution in [0.5, 0.6) is 17.2 Å².